The summed E-state index contributed by atoms with van der Waals surface area (Å²) >= 11 is 3.33. The van der Waals surface area contributed by atoms with Gasteiger partial charge in [-0.05, 0) is 30.7 Å². The maximum absolute atomic E-state index is 13.8. The molecule has 19 heavy (non-hydrogen) atoms. The van der Waals surface area contributed by atoms with Gasteiger partial charge in [0.1, 0.15) is 5.82 Å². The molecule has 2 heterocycles. The molecule has 1 aliphatic rings. The van der Waals surface area contributed by atoms with Gasteiger partial charge in [0.15, 0.2) is 0 Å². The Morgan fingerprint density at radius 1 is 1.47 bits per heavy atom. The number of nitrogens with zero attached hydrogens (tertiary/aromatic N) is 1. The third-order valence-corrected chi connectivity index (χ3v) is 5.29. The molecule has 0 radical (unpaired) electrons. The van der Waals surface area contributed by atoms with E-state index in [9.17, 15) is 4.39 Å². The van der Waals surface area contributed by atoms with Gasteiger partial charge in [-0.15, -0.1) is 23.1 Å². The summed E-state index contributed by atoms with van der Waals surface area (Å²) in [6, 6.07) is 5.61. The van der Waals surface area contributed by atoms with Crippen LogP contribution in [0.2, 0.25) is 0 Å². The molecule has 1 aromatic carbocycles. The van der Waals surface area contributed by atoms with E-state index in [1.807, 2.05) is 19.2 Å². The number of aryl methyl sites for hydroxylation is 1. The van der Waals surface area contributed by atoms with Crippen LogP contribution in [0.25, 0.3) is 0 Å². The average molecular weight is 294 g/mol. The Bertz CT molecular complexity index is 583. The molecular weight excluding hydrogens is 279 g/mol. The van der Waals surface area contributed by atoms with Crippen LogP contribution >= 0.6 is 23.1 Å². The van der Waals surface area contributed by atoms with Gasteiger partial charge in [0.25, 0.3) is 0 Å². The minimum Gasteiger partial charge on any atom is -0.305 e. The minimum absolute atomic E-state index is 0.0948. The molecule has 5 heteroatoms. The Morgan fingerprint density at radius 2 is 2.37 bits per heavy atom. The van der Waals surface area contributed by atoms with E-state index >= 15 is 0 Å². The van der Waals surface area contributed by atoms with Crippen molar-refractivity contribution in [1.82, 2.24) is 10.3 Å². The molecule has 0 saturated heterocycles. The quantitative estimate of drug-likeness (QED) is 0.929. The Morgan fingerprint density at radius 3 is 3.16 bits per heavy atom. The zero-order valence-corrected chi connectivity index (χ0v) is 12.3. The van der Waals surface area contributed by atoms with Crippen LogP contribution in [-0.2, 0) is 6.54 Å². The Labute approximate surface area is 120 Å². The van der Waals surface area contributed by atoms with Crippen LogP contribution in [-0.4, -0.2) is 10.7 Å². The molecule has 0 amide bonds. The van der Waals surface area contributed by atoms with Crippen LogP contribution in [0.1, 0.15) is 27.9 Å². The molecule has 100 valence electrons. The van der Waals surface area contributed by atoms with Crippen molar-refractivity contribution in [2.45, 2.75) is 30.8 Å². The predicted molar refractivity (Wildman–Crippen MR) is 78.2 cm³/mol. The molecule has 1 atom stereocenters. The zero-order valence-electron chi connectivity index (χ0n) is 10.6. The lowest BCUT2D eigenvalue weighted by molar-refractivity contribution is 0.498. The summed E-state index contributed by atoms with van der Waals surface area (Å²) in [4.78, 5) is 6.30. The second kappa shape index (κ2) is 5.61. The number of thiazole rings is 1. The van der Waals surface area contributed by atoms with E-state index in [4.69, 9.17) is 0 Å². The van der Waals surface area contributed by atoms with E-state index in [0.29, 0.717) is 0 Å². The second-order valence-corrected chi connectivity index (χ2v) is 7.00. The Balaban J connectivity index is 1.75. The normalized spacial score (nSPS) is 18.3. The number of nitrogens with one attached hydrogen (secondary N) is 1. The molecule has 0 spiro atoms. The molecule has 0 fully saturated rings. The lowest BCUT2D eigenvalue weighted by Crippen LogP contribution is -2.24. The van der Waals surface area contributed by atoms with Gasteiger partial charge in [-0.1, -0.05) is 12.1 Å². The SMILES string of the molecule is Cc1ncc(CNC2CCSc3c(F)cccc32)s1. The molecule has 1 aliphatic heterocycles. The fraction of sp³-hybridized carbons (Fsp3) is 0.357. The highest BCUT2D eigenvalue weighted by Crippen LogP contribution is 2.37. The molecule has 1 aromatic heterocycles. The van der Waals surface area contributed by atoms with E-state index in [0.717, 1.165) is 34.2 Å². The van der Waals surface area contributed by atoms with Gasteiger partial charge in [-0.3, -0.25) is 0 Å². The van der Waals surface area contributed by atoms with Crippen LogP contribution in [0, 0.1) is 12.7 Å². The van der Waals surface area contributed by atoms with Crippen LogP contribution in [0.4, 0.5) is 4.39 Å². The molecule has 0 aliphatic carbocycles. The van der Waals surface area contributed by atoms with Crippen molar-refractivity contribution in [3.63, 3.8) is 0 Å². The molecule has 3 rings (SSSR count). The van der Waals surface area contributed by atoms with Gasteiger partial charge in [0.05, 0.1) is 5.01 Å². The lowest BCUT2D eigenvalue weighted by Gasteiger charge is -2.26. The third kappa shape index (κ3) is 2.83. The number of thioether (sulfide) groups is 1. The first-order valence-electron chi connectivity index (χ1n) is 6.30. The highest BCUT2D eigenvalue weighted by molar-refractivity contribution is 7.99. The number of rotatable bonds is 3. The smallest absolute Gasteiger partial charge is 0.137 e. The number of halogens is 1. The second-order valence-electron chi connectivity index (χ2n) is 4.57. The number of benzene rings is 1. The maximum Gasteiger partial charge on any atom is 0.137 e. The van der Waals surface area contributed by atoms with Crippen LogP contribution in [0.3, 0.4) is 0 Å². The molecular formula is C14H15FN2S2. The summed E-state index contributed by atoms with van der Waals surface area (Å²) in [5.74, 6) is 0.871. The van der Waals surface area contributed by atoms with Crippen molar-refractivity contribution >= 4 is 23.1 Å². The maximum atomic E-state index is 13.8. The summed E-state index contributed by atoms with van der Waals surface area (Å²) in [6.45, 7) is 2.81. The fourth-order valence-corrected chi connectivity index (χ4v) is 4.20. The Hall–Kier alpha value is -0.910. The highest BCUT2D eigenvalue weighted by atomic mass is 32.2. The Kier molecular flexibility index (Phi) is 3.86. The predicted octanol–water partition coefficient (Wildman–Crippen LogP) is 3.92. The van der Waals surface area contributed by atoms with Crippen LogP contribution < -0.4 is 5.32 Å². The zero-order chi connectivity index (χ0) is 13.2. The van der Waals surface area contributed by atoms with Crippen molar-refractivity contribution in [2.75, 3.05) is 5.75 Å². The van der Waals surface area contributed by atoms with Gasteiger partial charge >= 0.3 is 0 Å². The lowest BCUT2D eigenvalue weighted by atomic mass is 10.0. The number of hydrogen-bond donors (Lipinski definition) is 1. The first-order chi connectivity index (χ1) is 9.24. The monoisotopic (exact) mass is 294 g/mol. The van der Waals surface area contributed by atoms with Gasteiger partial charge < -0.3 is 5.32 Å². The molecule has 1 unspecified atom stereocenters. The van der Waals surface area contributed by atoms with Crippen molar-refractivity contribution in [2.24, 2.45) is 0 Å². The van der Waals surface area contributed by atoms with Gasteiger partial charge in [0.2, 0.25) is 0 Å². The summed E-state index contributed by atoms with van der Waals surface area (Å²) in [5.41, 5.74) is 1.09. The number of aromatic nitrogens is 1. The molecule has 2 aromatic rings. The minimum atomic E-state index is -0.0948. The van der Waals surface area contributed by atoms with Gasteiger partial charge in [0, 0.05) is 28.6 Å². The fourth-order valence-electron chi connectivity index (χ4n) is 2.31. The van der Waals surface area contributed by atoms with Crippen molar-refractivity contribution in [1.29, 1.82) is 0 Å². The van der Waals surface area contributed by atoms with Crippen LogP contribution in [0.15, 0.2) is 29.3 Å². The van der Waals surface area contributed by atoms with Gasteiger partial charge in [-0.25, -0.2) is 9.37 Å². The molecule has 1 N–H and O–H groups in total. The third-order valence-electron chi connectivity index (χ3n) is 3.22. The van der Waals surface area contributed by atoms with E-state index in [-0.39, 0.29) is 11.9 Å². The van der Waals surface area contributed by atoms with E-state index in [2.05, 4.69) is 10.3 Å². The first-order valence-corrected chi connectivity index (χ1v) is 8.10. The van der Waals surface area contributed by atoms with E-state index in [1.54, 1.807) is 35.2 Å². The summed E-state index contributed by atoms with van der Waals surface area (Å²) in [5, 5.41) is 4.61. The molecule has 0 bridgehead atoms. The summed E-state index contributed by atoms with van der Waals surface area (Å²) < 4.78 is 13.8. The van der Waals surface area contributed by atoms with Gasteiger partial charge in [-0.2, -0.15) is 0 Å². The highest BCUT2D eigenvalue weighted by Gasteiger charge is 2.22. The largest absolute Gasteiger partial charge is 0.305 e. The summed E-state index contributed by atoms with van der Waals surface area (Å²) in [7, 11) is 0. The van der Waals surface area contributed by atoms with Crippen LogP contribution in [0.5, 0.6) is 0 Å². The molecule has 0 saturated carbocycles. The number of fused-ring (bicyclic) bond motifs is 1. The van der Waals surface area contributed by atoms with Crippen molar-refractivity contribution < 1.29 is 4.39 Å². The topological polar surface area (TPSA) is 24.9 Å². The number of hydrogen-bond acceptors (Lipinski definition) is 4. The average Bonchev–Trinajstić information content (AvgIpc) is 2.83. The molecule has 2 nitrogen and oxygen atoms in total. The van der Waals surface area contributed by atoms with E-state index < -0.39 is 0 Å². The standard InChI is InChI=1S/C14H15FN2S2/c1-9-16-7-10(19-9)8-17-13-5-6-18-14-11(13)3-2-4-12(14)15/h2-4,7,13,17H,5-6,8H2,1H3. The van der Waals surface area contributed by atoms with Crippen molar-refractivity contribution in [3.05, 3.63) is 45.7 Å². The summed E-state index contributed by atoms with van der Waals surface area (Å²) in [6.07, 6.45) is 2.95. The first kappa shape index (κ1) is 13.1. The van der Waals surface area contributed by atoms with Crippen molar-refractivity contribution in [3.8, 4) is 0 Å². The van der Waals surface area contributed by atoms with E-state index in [1.165, 1.54) is 4.88 Å².